The highest BCUT2D eigenvalue weighted by atomic mass is 79.9. The largest absolute Gasteiger partial charge is 0.338 e. The highest BCUT2D eigenvalue weighted by Gasteiger charge is 2.23. The predicted octanol–water partition coefficient (Wildman–Crippen LogP) is 3.69. The molecule has 0 aromatic carbocycles. The molecule has 2 nitrogen and oxygen atoms in total. The van der Waals surface area contributed by atoms with Crippen molar-refractivity contribution in [2.45, 2.75) is 26.7 Å². The molecule has 0 radical (unpaired) electrons. The number of aryl methyl sites for hydroxylation is 1. The lowest BCUT2D eigenvalue weighted by Gasteiger charge is -2.30. The zero-order valence-electron chi connectivity index (χ0n) is 9.62. The van der Waals surface area contributed by atoms with E-state index in [1.165, 1.54) is 6.42 Å². The second kappa shape index (κ2) is 4.88. The number of amides is 1. The van der Waals surface area contributed by atoms with Crippen molar-refractivity contribution < 1.29 is 4.79 Å². The Morgan fingerprint density at radius 1 is 1.62 bits per heavy atom. The van der Waals surface area contributed by atoms with Gasteiger partial charge in [0.15, 0.2) is 0 Å². The number of carbonyl (C=O) groups is 1. The summed E-state index contributed by atoms with van der Waals surface area (Å²) in [6.45, 7) is 6.07. The van der Waals surface area contributed by atoms with Gasteiger partial charge in [0.2, 0.25) is 0 Å². The Hall–Kier alpha value is -0.350. The van der Waals surface area contributed by atoms with E-state index in [9.17, 15) is 4.79 Å². The van der Waals surface area contributed by atoms with Gasteiger partial charge >= 0.3 is 0 Å². The van der Waals surface area contributed by atoms with Gasteiger partial charge < -0.3 is 4.90 Å². The molecule has 1 aromatic rings. The van der Waals surface area contributed by atoms with Gasteiger partial charge in [0.1, 0.15) is 0 Å². The third-order valence-corrected chi connectivity index (χ3v) is 5.14. The highest BCUT2D eigenvalue weighted by molar-refractivity contribution is 9.11. The molecule has 16 heavy (non-hydrogen) atoms. The average Bonchev–Trinajstić information content (AvgIpc) is 2.58. The first-order valence-corrected chi connectivity index (χ1v) is 7.24. The third kappa shape index (κ3) is 2.48. The minimum absolute atomic E-state index is 0.199. The Morgan fingerprint density at radius 3 is 2.94 bits per heavy atom. The van der Waals surface area contributed by atoms with Crippen LogP contribution < -0.4 is 0 Å². The van der Waals surface area contributed by atoms with Crippen molar-refractivity contribution in [3.63, 3.8) is 0 Å². The Bertz CT molecular complexity index is 382. The van der Waals surface area contributed by atoms with Crippen LogP contribution in [0.2, 0.25) is 0 Å². The number of rotatable bonds is 1. The standard InChI is InChI=1S/C12H16BrNOS/c1-8-4-3-5-14(7-8)12(15)10-6-9(2)11(13)16-10/h6,8H,3-5,7H2,1-2H3. The smallest absolute Gasteiger partial charge is 0.263 e. The van der Waals surface area contributed by atoms with Crippen LogP contribution >= 0.6 is 27.3 Å². The monoisotopic (exact) mass is 301 g/mol. The van der Waals surface area contributed by atoms with Gasteiger partial charge in [0, 0.05) is 13.1 Å². The Kier molecular flexibility index (Phi) is 3.70. The summed E-state index contributed by atoms with van der Waals surface area (Å²) >= 11 is 5.01. The van der Waals surface area contributed by atoms with Crippen LogP contribution in [0, 0.1) is 12.8 Å². The van der Waals surface area contributed by atoms with Crippen LogP contribution in [0.3, 0.4) is 0 Å². The molecule has 1 aliphatic rings. The van der Waals surface area contributed by atoms with Crippen molar-refractivity contribution >= 4 is 33.2 Å². The van der Waals surface area contributed by atoms with E-state index in [2.05, 4.69) is 22.9 Å². The van der Waals surface area contributed by atoms with Gasteiger partial charge in [-0.05, 0) is 53.2 Å². The molecule has 0 saturated carbocycles. The van der Waals surface area contributed by atoms with Gasteiger partial charge in [-0.25, -0.2) is 0 Å². The number of hydrogen-bond acceptors (Lipinski definition) is 2. The molecule has 0 N–H and O–H groups in total. The van der Waals surface area contributed by atoms with Crippen LogP contribution in [0.25, 0.3) is 0 Å². The lowest BCUT2D eigenvalue weighted by molar-refractivity contribution is 0.0688. The molecule has 0 spiro atoms. The second-order valence-electron chi connectivity index (χ2n) is 4.57. The average molecular weight is 302 g/mol. The van der Waals surface area contributed by atoms with Crippen LogP contribution in [-0.2, 0) is 0 Å². The molecule has 4 heteroatoms. The Labute approximate surface area is 109 Å². The van der Waals surface area contributed by atoms with Crippen molar-refractivity contribution in [1.29, 1.82) is 0 Å². The van der Waals surface area contributed by atoms with Crippen LogP contribution in [0.5, 0.6) is 0 Å². The summed E-state index contributed by atoms with van der Waals surface area (Å²) in [5.74, 6) is 0.840. The molecule has 1 fully saturated rings. The van der Waals surface area contributed by atoms with E-state index in [1.807, 2.05) is 17.9 Å². The molecule has 1 unspecified atom stereocenters. The summed E-state index contributed by atoms with van der Waals surface area (Å²) < 4.78 is 1.07. The fourth-order valence-electron chi connectivity index (χ4n) is 2.09. The summed E-state index contributed by atoms with van der Waals surface area (Å²) in [5, 5.41) is 0. The van der Waals surface area contributed by atoms with Crippen LogP contribution in [-0.4, -0.2) is 23.9 Å². The predicted molar refractivity (Wildman–Crippen MR) is 71.1 cm³/mol. The van der Waals surface area contributed by atoms with Crippen molar-refractivity contribution in [3.05, 3.63) is 20.3 Å². The van der Waals surface area contributed by atoms with Gasteiger partial charge in [0.25, 0.3) is 5.91 Å². The molecule has 1 saturated heterocycles. The molecular formula is C12H16BrNOS. The highest BCUT2D eigenvalue weighted by Crippen LogP contribution is 2.29. The van der Waals surface area contributed by atoms with Gasteiger partial charge in [-0.3, -0.25) is 4.79 Å². The van der Waals surface area contributed by atoms with Crippen molar-refractivity contribution in [2.75, 3.05) is 13.1 Å². The quantitative estimate of drug-likeness (QED) is 0.775. The molecule has 2 rings (SSSR count). The summed E-state index contributed by atoms with van der Waals surface area (Å²) in [7, 11) is 0. The van der Waals surface area contributed by atoms with Crippen molar-refractivity contribution in [3.8, 4) is 0 Å². The Balaban J connectivity index is 2.12. The van der Waals surface area contributed by atoms with Crippen LogP contribution in [0.4, 0.5) is 0 Å². The Morgan fingerprint density at radius 2 is 2.38 bits per heavy atom. The van der Waals surface area contributed by atoms with Crippen LogP contribution in [0.1, 0.15) is 35.0 Å². The lowest BCUT2D eigenvalue weighted by Crippen LogP contribution is -2.38. The number of likely N-dealkylation sites (tertiary alicyclic amines) is 1. The maximum atomic E-state index is 12.2. The van der Waals surface area contributed by atoms with E-state index >= 15 is 0 Å². The number of nitrogens with zero attached hydrogens (tertiary/aromatic N) is 1. The maximum Gasteiger partial charge on any atom is 0.263 e. The molecule has 2 heterocycles. The minimum atomic E-state index is 0.199. The first-order valence-electron chi connectivity index (χ1n) is 5.63. The number of halogens is 1. The SMILES string of the molecule is Cc1cc(C(=O)N2CCCC(C)C2)sc1Br. The summed E-state index contributed by atoms with van der Waals surface area (Å²) in [6, 6.07) is 1.98. The molecule has 1 aromatic heterocycles. The number of piperidine rings is 1. The fourth-order valence-corrected chi connectivity index (χ4v) is 3.60. The first kappa shape index (κ1) is 12.1. The van der Waals surface area contributed by atoms with Gasteiger partial charge in [0.05, 0.1) is 8.66 Å². The number of carbonyl (C=O) groups excluding carboxylic acids is 1. The number of hydrogen-bond donors (Lipinski definition) is 0. The number of thiophene rings is 1. The molecule has 0 bridgehead atoms. The van der Waals surface area contributed by atoms with Crippen LogP contribution in [0.15, 0.2) is 9.85 Å². The van der Waals surface area contributed by atoms with E-state index in [1.54, 1.807) is 11.3 Å². The summed E-state index contributed by atoms with van der Waals surface area (Å²) in [6.07, 6.45) is 2.38. The normalized spacial score (nSPS) is 21.2. The van der Waals surface area contributed by atoms with E-state index in [4.69, 9.17) is 0 Å². The van der Waals surface area contributed by atoms with E-state index in [0.717, 1.165) is 33.7 Å². The zero-order chi connectivity index (χ0) is 11.7. The lowest BCUT2D eigenvalue weighted by atomic mass is 10.0. The third-order valence-electron chi connectivity index (χ3n) is 3.01. The zero-order valence-corrected chi connectivity index (χ0v) is 12.0. The molecule has 0 aliphatic carbocycles. The van der Waals surface area contributed by atoms with E-state index in [-0.39, 0.29) is 5.91 Å². The van der Waals surface area contributed by atoms with Gasteiger partial charge in [-0.15, -0.1) is 11.3 Å². The molecule has 1 aliphatic heterocycles. The molecule has 1 amide bonds. The van der Waals surface area contributed by atoms with Gasteiger partial charge in [-0.1, -0.05) is 6.92 Å². The van der Waals surface area contributed by atoms with E-state index < -0.39 is 0 Å². The van der Waals surface area contributed by atoms with E-state index in [0.29, 0.717) is 5.92 Å². The van der Waals surface area contributed by atoms with Gasteiger partial charge in [-0.2, -0.15) is 0 Å². The molecule has 1 atom stereocenters. The first-order chi connectivity index (χ1) is 7.58. The fraction of sp³-hybridized carbons (Fsp3) is 0.583. The topological polar surface area (TPSA) is 20.3 Å². The molecular weight excluding hydrogens is 286 g/mol. The summed E-state index contributed by atoms with van der Waals surface area (Å²) in [5.41, 5.74) is 1.15. The summed E-state index contributed by atoms with van der Waals surface area (Å²) in [4.78, 5) is 15.1. The van der Waals surface area contributed by atoms with Crippen molar-refractivity contribution in [1.82, 2.24) is 4.90 Å². The second-order valence-corrected chi connectivity index (χ2v) is 6.94. The minimum Gasteiger partial charge on any atom is -0.338 e. The van der Waals surface area contributed by atoms with Crippen molar-refractivity contribution in [2.24, 2.45) is 5.92 Å². The molecule has 88 valence electrons. The maximum absolute atomic E-state index is 12.2.